The predicted molar refractivity (Wildman–Crippen MR) is 127 cm³/mol. The number of hydrogen-bond donors (Lipinski definition) is 1. The zero-order valence-corrected chi connectivity index (χ0v) is 18.8. The summed E-state index contributed by atoms with van der Waals surface area (Å²) in [5, 5.41) is 15.5. The molecular weight excluding hydrogens is 426 g/mol. The van der Waals surface area contributed by atoms with Crippen molar-refractivity contribution in [2.45, 2.75) is 19.0 Å². The van der Waals surface area contributed by atoms with Crippen molar-refractivity contribution in [2.75, 3.05) is 5.75 Å². The van der Waals surface area contributed by atoms with Crippen molar-refractivity contribution in [2.24, 2.45) is 5.10 Å². The SMILES string of the molecule is Cc1ccc(-c2nnc(SCC(=O)NN=Cc3sccc3C)n2-c2ccccc2)cc1. The molecule has 6 nitrogen and oxygen atoms in total. The number of benzene rings is 2. The van der Waals surface area contributed by atoms with Crippen LogP contribution in [0, 0.1) is 13.8 Å². The van der Waals surface area contributed by atoms with E-state index >= 15 is 0 Å². The van der Waals surface area contributed by atoms with E-state index in [1.54, 1.807) is 17.6 Å². The Morgan fingerprint density at radius 2 is 1.87 bits per heavy atom. The van der Waals surface area contributed by atoms with Crippen molar-refractivity contribution in [3.05, 3.63) is 82.0 Å². The van der Waals surface area contributed by atoms with Gasteiger partial charge in [0.15, 0.2) is 11.0 Å². The van der Waals surface area contributed by atoms with Gasteiger partial charge in [0, 0.05) is 16.1 Å². The lowest BCUT2D eigenvalue weighted by atomic mass is 10.1. The smallest absolute Gasteiger partial charge is 0.250 e. The molecule has 0 aliphatic carbocycles. The fourth-order valence-corrected chi connectivity index (χ4v) is 4.44. The van der Waals surface area contributed by atoms with Crippen LogP contribution < -0.4 is 5.43 Å². The minimum Gasteiger partial charge on any atom is -0.272 e. The molecule has 0 bridgehead atoms. The van der Waals surface area contributed by atoms with E-state index in [0.717, 1.165) is 27.5 Å². The number of aryl methyl sites for hydroxylation is 2. The van der Waals surface area contributed by atoms with Gasteiger partial charge in [0.2, 0.25) is 0 Å². The lowest BCUT2D eigenvalue weighted by Gasteiger charge is -2.10. The number of thioether (sulfide) groups is 1. The Morgan fingerprint density at radius 1 is 1.10 bits per heavy atom. The molecular formula is C23H21N5OS2. The number of aromatic nitrogens is 3. The maximum Gasteiger partial charge on any atom is 0.250 e. The number of thiophene rings is 1. The largest absolute Gasteiger partial charge is 0.272 e. The number of nitrogens with one attached hydrogen (secondary N) is 1. The van der Waals surface area contributed by atoms with E-state index in [-0.39, 0.29) is 11.7 Å². The second kappa shape index (κ2) is 9.72. The minimum absolute atomic E-state index is 0.180. The van der Waals surface area contributed by atoms with E-state index in [0.29, 0.717) is 5.16 Å². The van der Waals surface area contributed by atoms with E-state index in [1.807, 2.05) is 84.5 Å². The summed E-state index contributed by atoms with van der Waals surface area (Å²) in [6.45, 7) is 4.06. The second-order valence-corrected chi connectivity index (χ2v) is 8.78. The molecule has 0 fully saturated rings. The number of hydrogen-bond acceptors (Lipinski definition) is 6. The van der Waals surface area contributed by atoms with Crippen molar-refractivity contribution in [1.82, 2.24) is 20.2 Å². The minimum atomic E-state index is -0.199. The van der Waals surface area contributed by atoms with Crippen LogP contribution in [0.25, 0.3) is 17.1 Å². The first-order chi connectivity index (χ1) is 15.1. The third kappa shape index (κ3) is 5.10. The Hall–Kier alpha value is -3.23. The average molecular weight is 448 g/mol. The van der Waals surface area contributed by atoms with Crippen LogP contribution in [0.15, 0.2) is 76.3 Å². The zero-order valence-electron chi connectivity index (χ0n) is 17.1. The van der Waals surface area contributed by atoms with Gasteiger partial charge in [-0.05, 0) is 43.0 Å². The van der Waals surface area contributed by atoms with E-state index in [9.17, 15) is 4.79 Å². The molecule has 0 aliphatic heterocycles. The van der Waals surface area contributed by atoms with Crippen LogP contribution in [-0.4, -0.2) is 32.6 Å². The molecule has 0 saturated heterocycles. The maximum absolute atomic E-state index is 12.3. The molecule has 0 spiro atoms. The highest BCUT2D eigenvalue weighted by atomic mass is 32.2. The molecule has 4 aromatic rings. The summed E-state index contributed by atoms with van der Waals surface area (Å²) in [5.41, 5.74) is 6.81. The number of para-hydroxylation sites is 1. The third-order valence-corrected chi connectivity index (χ3v) is 6.45. The molecule has 0 unspecified atom stereocenters. The molecule has 0 saturated carbocycles. The van der Waals surface area contributed by atoms with E-state index < -0.39 is 0 Å². The van der Waals surface area contributed by atoms with Crippen LogP contribution in [0.5, 0.6) is 0 Å². The second-order valence-electron chi connectivity index (χ2n) is 6.89. The third-order valence-electron chi connectivity index (χ3n) is 4.56. The molecule has 0 aliphatic rings. The molecule has 156 valence electrons. The molecule has 1 N–H and O–H groups in total. The first-order valence-corrected chi connectivity index (χ1v) is 11.5. The maximum atomic E-state index is 12.3. The molecule has 1 amide bonds. The lowest BCUT2D eigenvalue weighted by Crippen LogP contribution is -2.20. The van der Waals surface area contributed by atoms with Crippen molar-refractivity contribution in [1.29, 1.82) is 0 Å². The fourth-order valence-electron chi connectivity index (χ4n) is 2.90. The van der Waals surface area contributed by atoms with Gasteiger partial charge in [-0.15, -0.1) is 21.5 Å². The van der Waals surface area contributed by atoms with Gasteiger partial charge in [0.1, 0.15) is 0 Å². The highest BCUT2D eigenvalue weighted by Gasteiger charge is 2.17. The Bertz CT molecular complexity index is 1200. The monoisotopic (exact) mass is 447 g/mol. The fraction of sp³-hybridized carbons (Fsp3) is 0.130. The summed E-state index contributed by atoms with van der Waals surface area (Å²) in [4.78, 5) is 13.3. The van der Waals surface area contributed by atoms with Crippen molar-refractivity contribution < 1.29 is 4.79 Å². The van der Waals surface area contributed by atoms with Gasteiger partial charge in [-0.25, -0.2) is 5.43 Å². The van der Waals surface area contributed by atoms with E-state index in [4.69, 9.17) is 0 Å². The molecule has 2 aromatic carbocycles. The quantitative estimate of drug-likeness (QED) is 0.250. The van der Waals surface area contributed by atoms with E-state index in [1.165, 1.54) is 17.3 Å². The zero-order chi connectivity index (χ0) is 21.6. The van der Waals surface area contributed by atoms with Gasteiger partial charge in [-0.1, -0.05) is 59.8 Å². The highest BCUT2D eigenvalue weighted by Crippen LogP contribution is 2.28. The predicted octanol–water partition coefficient (Wildman–Crippen LogP) is 4.86. The molecule has 8 heteroatoms. The van der Waals surface area contributed by atoms with Gasteiger partial charge >= 0.3 is 0 Å². The molecule has 0 radical (unpaired) electrons. The summed E-state index contributed by atoms with van der Waals surface area (Å²) >= 11 is 2.91. The van der Waals surface area contributed by atoms with Crippen LogP contribution in [0.1, 0.15) is 16.0 Å². The standard InChI is InChI=1S/C23H21N5OS2/c1-16-8-10-18(11-9-16)22-26-27-23(28(22)19-6-4-3-5-7-19)31-15-21(29)25-24-14-20-17(2)12-13-30-20/h3-14H,15H2,1-2H3,(H,25,29). The van der Waals surface area contributed by atoms with Crippen LogP contribution in [0.3, 0.4) is 0 Å². The van der Waals surface area contributed by atoms with Gasteiger partial charge in [-0.3, -0.25) is 9.36 Å². The summed E-state index contributed by atoms with van der Waals surface area (Å²) in [6, 6.07) is 20.1. The van der Waals surface area contributed by atoms with Crippen LogP contribution in [-0.2, 0) is 4.79 Å². The number of carbonyl (C=O) groups is 1. The topological polar surface area (TPSA) is 72.2 Å². The highest BCUT2D eigenvalue weighted by molar-refractivity contribution is 7.99. The summed E-state index contributed by atoms with van der Waals surface area (Å²) in [5.74, 6) is 0.717. The number of carbonyl (C=O) groups excluding carboxylic acids is 1. The van der Waals surface area contributed by atoms with E-state index in [2.05, 4.69) is 20.7 Å². The van der Waals surface area contributed by atoms with Gasteiger partial charge in [-0.2, -0.15) is 5.10 Å². The number of rotatable bonds is 7. The van der Waals surface area contributed by atoms with Crippen molar-refractivity contribution in [3.63, 3.8) is 0 Å². The first kappa shape index (κ1) is 21.0. The number of amides is 1. The van der Waals surface area contributed by atoms with Crippen LogP contribution in [0.2, 0.25) is 0 Å². The van der Waals surface area contributed by atoms with Crippen molar-refractivity contribution in [3.8, 4) is 17.1 Å². The molecule has 4 rings (SSSR count). The normalized spacial score (nSPS) is 11.2. The lowest BCUT2D eigenvalue weighted by molar-refractivity contribution is -0.118. The van der Waals surface area contributed by atoms with Gasteiger partial charge in [0.25, 0.3) is 5.91 Å². The van der Waals surface area contributed by atoms with Gasteiger partial charge < -0.3 is 0 Å². The van der Waals surface area contributed by atoms with Crippen LogP contribution >= 0.6 is 23.1 Å². The summed E-state index contributed by atoms with van der Waals surface area (Å²) in [7, 11) is 0. The Morgan fingerprint density at radius 3 is 2.58 bits per heavy atom. The first-order valence-electron chi connectivity index (χ1n) is 9.68. The van der Waals surface area contributed by atoms with Crippen LogP contribution in [0.4, 0.5) is 0 Å². The number of hydrazone groups is 1. The molecule has 2 heterocycles. The summed E-state index contributed by atoms with van der Waals surface area (Å²) in [6.07, 6.45) is 1.67. The Kier molecular flexibility index (Phi) is 6.59. The van der Waals surface area contributed by atoms with Gasteiger partial charge in [0.05, 0.1) is 12.0 Å². The Labute approximate surface area is 189 Å². The Balaban J connectivity index is 1.51. The van der Waals surface area contributed by atoms with Crippen molar-refractivity contribution >= 4 is 35.2 Å². The summed E-state index contributed by atoms with van der Waals surface area (Å²) < 4.78 is 1.97. The average Bonchev–Trinajstić information content (AvgIpc) is 3.39. The number of nitrogens with zero attached hydrogens (tertiary/aromatic N) is 4. The molecule has 31 heavy (non-hydrogen) atoms. The molecule has 0 atom stereocenters. The molecule has 2 aromatic heterocycles.